The summed E-state index contributed by atoms with van der Waals surface area (Å²) >= 11 is 1.53. The van der Waals surface area contributed by atoms with E-state index in [0.717, 1.165) is 15.9 Å². The van der Waals surface area contributed by atoms with Gasteiger partial charge >= 0.3 is 5.97 Å². The second-order valence-electron chi connectivity index (χ2n) is 4.10. The molecule has 0 saturated carbocycles. The van der Waals surface area contributed by atoms with Crippen molar-refractivity contribution in [2.75, 3.05) is 11.1 Å². The minimum absolute atomic E-state index is 0.0550. The number of nitrogens with two attached hydrogens (primary N) is 1. The van der Waals surface area contributed by atoms with Gasteiger partial charge in [-0.25, -0.2) is 14.8 Å². The molecule has 6 nitrogen and oxygen atoms in total. The zero-order valence-electron chi connectivity index (χ0n) is 10.2. The molecule has 7 heteroatoms. The number of nitrogens with one attached hydrogen (secondary N) is 1. The van der Waals surface area contributed by atoms with Gasteiger partial charge in [0.1, 0.15) is 0 Å². The van der Waals surface area contributed by atoms with Crippen LogP contribution >= 0.6 is 11.3 Å². The molecule has 20 heavy (non-hydrogen) atoms. The molecule has 0 fully saturated rings. The van der Waals surface area contributed by atoms with Gasteiger partial charge in [-0.3, -0.25) is 0 Å². The molecule has 0 radical (unpaired) electrons. The Labute approximate surface area is 117 Å². The van der Waals surface area contributed by atoms with Crippen LogP contribution in [0.15, 0.2) is 35.8 Å². The number of carbonyl (C=O) groups is 1. The van der Waals surface area contributed by atoms with Crippen LogP contribution in [0.2, 0.25) is 0 Å². The summed E-state index contributed by atoms with van der Waals surface area (Å²) in [4.78, 5) is 19.1. The lowest BCUT2D eigenvalue weighted by Crippen LogP contribution is -2.05. The maximum absolute atomic E-state index is 10.9. The van der Waals surface area contributed by atoms with Crippen molar-refractivity contribution in [3.8, 4) is 0 Å². The monoisotopic (exact) mass is 286 g/mol. The average Bonchev–Trinajstić information content (AvgIpc) is 2.88. The molecule has 4 N–H and O–H groups in total. The van der Waals surface area contributed by atoms with Crippen LogP contribution < -0.4 is 11.1 Å². The second-order valence-corrected chi connectivity index (χ2v) is 4.99. The van der Waals surface area contributed by atoms with E-state index in [1.807, 2.05) is 18.2 Å². The standard InChI is InChI=1S/C13H10N4O2S/c14-8-2-4-10(13(18)19)17-12(8)16-7-1-3-9-11(5-7)20-6-15-9/h1-6H,14H2,(H,16,17)(H,18,19). The van der Waals surface area contributed by atoms with Crippen molar-refractivity contribution in [3.05, 3.63) is 41.5 Å². The highest BCUT2D eigenvalue weighted by molar-refractivity contribution is 7.16. The normalized spacial score (nSPS) is 10.6. The van der Waals surface area contributed by atoms with Gasteiger partial charge < -0.3 is 16.2 Å². The molecule has 0 bridgehead atoms. The van der Waals surface area contributed by atoms with E-state index < -0.39 is 5.97 Å². The molecule has 0 spiro atoms. The first-order valence-electron chi connectivity index (χ1n) is 5.73. The second kappa shape index (κ2) is 4.78. The molecule has 2 heterocycles. The lowest BCUT2D eigenvalue weighted by atomic mass is 10.2. The number of hydrogen-bond donors (Lipinski definition) is 3. The summed E-state index contributed by atoms with van der Waals surface area (Å²) < 4.78 is 1.03. The highest BCUT2D eigenvalue weighted by atomic mass is 32.1. The molecule has 0 aliphatic heterocycles. The Morgan fingerprint density at radius 3 is 2.95 bits per heavy atom. The number of nitrogens with zero attached hydrogens (tertiary/aromatic N) is 2. The summed E-state index contributed by atoms with van der Waals surface area (Å²) in [6.07, 6.45) is 0. The first-order valence-corrected chi connectivity index (χ1v) is 6.61. The van der Waals surface area contributed by atoms with Gasteiger partial charge in [0.15, 0.2) is 11.5 Å². The van der Waals surface area contributed by atoms with Crippen molar-refractivity contribution in [3.63, 3.8) is 0 Å². The number of aromatic nitrogens is 2. The molecule has 0 saturated heterocycles. The molecular formula is C13H10N4O2S. The molecule has 3 rings (SSSR count). The molecule has 0 aliphatic carbocycles. The Balaban J connectivity index is 1.97. The summed E-state index contributed by atoms with van der Waals surface area (Å²) in [6, 6.07) is 8.53. The van der Waals surface area contributed by atoms with Crippen LogP contribution in [-0.4, -0.2) is 21.0 Å². The van der Waals surface area contributed by atoms with E-state index >= 15 is 0 Å². The van der Waals surface area contributed by atoms with Crippen molar-refractivity contribution < 1.29 is 9.90 Å². The van der Waals surface area contributed by atoms with Crippen molar-refractivity contribution in [1.82, 2.24) is 9.97 Å². The van der Waals surface area contributed by atoms with Gasteiger partial charge in [0.05, 0.1) is 21.4 Å². The molecule has 0 atom stereocenters. The molecule has 0 unspecified atom stereocenters. The number of anilines is 3. The Bertz CT molecular complexity index is 800. The summed E-state index contributed by atoms with van der Waals surface area (Å²) in [6.45, 7) is 0. The summed E-state index contributed by atoms with van der Waals surface area (Å²) in [7, 11) is 0. The highest BCUT2D eigenvalue weighted by Gasteiger charge is 2.09. The molecule has 0 amide bonds. The Morgan fingerprint density at radius 1 is 1.30 bits per heavy atom. The van der Waals surface area contributed by atoms with E-state index in [1.165, 1.54) is 23.5 Å². The van der Waals surface area contributed by atoms with Crippen LogP contribution in [0.3, 0.4) is 0 Å². The third-order valence-electron chi connectivity index (χ3n) is 2.74. The fourth-order valence-electron chi connectivity index (χ4n) is 1.76. The van der Waals surface area contributed by atoms with E-state index in [9.17, 15) is 4.79 Å². The van der Waals surface area contributed by atoms with Crippen LogP contribution in [0.25, 0.3) is 10.2 Å². The fraction of sp³-hybridized carbons (Fsp3) is 0. The van der Waals surface area contributed by atoms with E-state index in [-0.39, 0.29) is 5.69 Å². The zero-order valence-corrected chi connectivity index (χ0v) is 11.0. The number of nitrogen functional groups attached to an aromatic ring is 1. The first-order chi connectivity index (χ1) is 9.63. The Kier molecular flexibility index (Phi) is 2.96. The van der Waals surface area contributed by atoms with Crippen LogP contribution in [0.4, 0.5) is 17.2 Å². The smallest absolute Gasteiger partial charge is 0.354 e. The molecule has 0 aliphatic rings. The largest absolute Gasteiger partial charge is 0.477 e. The van der Waals surface area contributed by atoms with E-state index in [2.05, 4.69) is 15.3 Å². The van der Waals surface area contributed by atoms with Gasteiger partial charge in [0.2, 0.25) is 0 Å². The molecule has 100 valence electrons. The number of thiazole rings is 1. The topological polar surface area (TPSA) is 101 Å². The van der Waals surface area contributed by atoms with Crippen molar-refractivity contribution in [2.24, 2.45) is 0 Å². The fourth-order valence-corrected chi connectivity index (χ4v) is 2.48. The van der Waals surface area contributed by atoms with Crippen LogP contribution in [0.1, 0.15) is 10.5 Å². The molecule has 3 aromatic rings. The van der Waals surface area contributed by atoms with Crippen LogP contribution in [-0.2, 0) is 0 Å². The van der Waals surface area contributed by atoms with Crippen molar-refractivity contribution >= 4 is 44.7 Å². The molecule has 1 aromatic carbocycles. The van der Waals surface area contributed by atoms with Crippen molar-refractivity contribution in [1.29, 1.82) is 0 Å². The Hall–Kier alpha value is -2.67. The molecular weight excluding hydrogens is 276 g/mol. The minimum atomic E-state index is -1.09. The van der Waals surface area contributed by atoms with Crippen molar-refractivity contribution in [2.45, 2.75) is 0 Å². The van der Waals surface area contributed by atoms with Crippen LogP contribution in [0.5, 0.6) is 0 Å². The number of aromatic carboxylic acids is 1. The predicted octanol–water partition coefficient (Wildman–Crippen LogP) is 2.72. The number of rotatable bonds is 3. The predicted molar refractivity (Wildman–Crippen MR) is 78.5 cm³/mol. The van der Waals surface area contributed by atoms with Gasteiger partial charge in [-0.1, -0.05) is 0 Å². The third-order valence-corrected chi connectivity index (χ3v) is 3.53. The van der Waals surface area contributed by atoms with Gasteiger partial charge in [-0.05, 0) is 30.3 Å². The number of pyridine rings is 1. The van der Waals surface area contributed by atoms with E-state index in [1.54, 1.807) is 5.51 Å². The maximum atomic E-state index is 10.9. The number of hydrogen-bond acceptors (Lipinski definition) is 6. The van der Waals surface area contributed by atoms with Gasteiger partial charge in [0, 0.05) is 5.69 Å². The lowest BCUT2D eigenvalue weighted by molar-refractivity contribution is 0.0690. The first kappa shape index (κ1) is 12.4. The Morgan fingerprint density at radius 2 is 2.15 bits per heavy atom. The number of carboxylic acid groups (broad SMARTS) is 1. The number of benzene rings is 1. The average molecular weight is 286 g/mol. The minimum Gasteiger partial charge on any atom is -0.477 e. The van der Waals surface area contributed by atoms with Gasteiger partial charge in [-0.2, -0.15) is 0 Å². The van der Waals surface area contributed by atoms with Crippen LogP contribution in [0, 0.1) is 0 Å². The summed E-state index contributed by atoms with van der Waals surface area (Å²) in [5.74, 6) is -0.764. The highest BCUT2D eigenvalue weighted by Crippen LogP contribution is 2.26. The van der Waals surface area contributed by atoms with Gasteiger partial charge in [0.25, 0.3) is 0 Å². The SMILES string of the molecule is Nc1ccc(C(=O)O)nc1Nc1ccc2ncsc2c1. The maximum Gasteiger partial charge on any atom is 0.354 e. The number of fused-ring (bicyclic) bond motifs is 1. The quantitative estimate of drug-likeness (QED) is 0.684. The lowest BCUT2D eigenvalue weighted by Gasteiger charge is -2.09. The van der Waals surface area contributed by atoms with E-state index in [4.69, 9.17) is 10.8 Å². The molecule has 2 aromatic heterocycles. The zero-order chi connectivity index (χ0) is 14.1. The van der Waals surface area contributed by atoms with E-state index in [0.29, 0.717) is 11.5 Å². The summed E-state index contributed by atoms with van der Waals surface area (Å²) in [5.41, 5.74) is 9.60. The summed E-state index contributed by atoms with van der Waals surface area (Å²) in [5, 5.41) is 12.0. The van der Waals surface area contributed by atoms with Gasteiger partial charge in [-0.15, -0.1) is 11.3 Å². The third kappa shape index (κ3) is 2.26. The number of carboxylic acids is 1.